The van der Waals surface area contributed by atoms with E-state index in [1.165, 1.54) is 33.0 Å². The van der Waals surface area contributed by atoms with Gasteiger partial charge in [-0.2, -0.15) is 0 Å². The van der Waals surface area contributed by atoms with Crippen LogP contribution in [0.15, 0.2) is 0 Å². The fourth-order valence-corrected chi connectivity index (χ4v) is 3.68. The van der Waals surface area contributed by atoms with Gasteiger partial charge in [-0.05, 0) is 43.4 Å². The highest BCUT2D eigenvalue weighted by Gasteiger charge is 2.31. The molecule has 9 heavy (non-hydrogen) atoms. The molecule has 1 heteroatoms. The zero-order valence-corrected chi connectivity index (χ0v) is 6.90. The van der Waals surface area contributed by atoms with Crippen molar-refractivity contribution in [1.82, 2.24) is 0 Å². The zero-order chi connectivity index (χ0) is 6.10. The molecule has 0 aromatic carbocycles. The molecule has 1 saturated carbocycles. The first-order valence-corrected chi connectivity index (χ1v) is 5.48. The van der Waals surface area contributed by atoms with E-state index in [1.54, 1.807) is 25.4 Å². The van der Waals surface area contributed by atoms with Crippen molar-refractivity contribution >= 4 is 8.58 Å². The summed E-state index contributed by atoms with van der Waals surface area (Å²) in [4.78, 5) is 0. The summed E-state index contributed by atoms with van der Waals surface area (Å²) in [6, 6.07) is 0. The molecule has 1 aliphatic carbocycles. The largest absolute Gasteiger partial charge is 0.119 e. The highest BCUT2D eigenvalue weighted by atomic mass is 31.1. The zero-order valence-electron chi connectivity index (χ0n) is 5.90. The van der Waals surface area contributed by atoms with Gasteiger partial charge in [0.2, 0.25) is 0 Å². The Morgan fingerprint density at radius 2 is 1.89 bits per heavy atom. The first kappa shape index (κ1) is 6.16. The summed E-state index contributed by atoms with van der Waals surface area (Å²) in [6.07, 6.45) is 9.33. The van der Waals surface area contributed by atoms with Crippen LogP contribution in [0.2, 0.25) is 0 Å². The van der Waals surface area contributed by atoms with Gasteiger partial charge in [0.1, 0.15) is 0 Å². The number of hydrogen-bond donors (Lipinski definition) is 0. The maximum Gasteiger partial charge on any atom is -0.0208 e. The van der Waals surface area contributed by atoms with Crippen LogP contribution >= 0.6 is 8.58 Å². The number of rotatable bonds is 1. The van der Waals surface area contributed by atoms with Gasteiger partial charge in [0.05, 0.1) is 0 Å². The van der Waals surface area contributed by atoms with Crippen molar-refractivity contribution in [3.05, 3.63) is 0 Å². The predicted molar refractivity (Wildman–Crippen MR) is 43.5 cm³/mol. The minimum absolute atomic E-state index is 1.19. The lowest BCUT2D eigenvalue weighted by Crippen LogP contribution is -2.08. The molecule has 2 aliphatic rings. The predicted octanol–water partition coefficient (Wildman–Crippen LogP) is 2.63. The molecule has 2 fully saturated rings. The van der Waals surface area contributed by atoms with E-state index >= 15 is 0 Å². The maximum absolute atomic E-state index is 1.57. The van der Waals surface area contributed by atoms with Crippen LogP contribution in [-0.4, -0.2) is 11.8 Å². The first-order valence-electron chi connectivity index (χ1n) is 4.20. The Bertz CT molecular complexity index is 90.7. The Labute approximate surface area is 59.2 Å². The molecular formula is C8H15P. The summed E-state index contributed by atoms with van der Waals surface area (Å²) < 4.78 is 0. The Morgan fingerprint density at radius 3 is 2.44 bits per heavy atom. The third kappa shape index (κ3) is 1.46. The van der Waals surface area contributed by atoms with Gasteiger partial charge in [0, 0.05) is 0 Å². The van der Waals surface area contributed by atoms with E-state index in [9.17, 15) is 0 Å². The summed E-state index contributed by atoms with van der Waals surface area (Å²) in [5.41, 5.74) is 1.19. The van der Waals surface area contributed by atoms with E-state index in [-0.39, 0.29) is 0 Å². The first-order chi connectivity index (χ1) is 4.47. The Balaban J connectivity index is 1.80. The molecule has 1 saturated heterocycles. The van der Waals surface area contributed by atoms with Crippen LogP contribution in [-0.2, 0) is 0 Å². The highest BCUT2D eigenvalue weighted by Crippen LogP contribution is 2.46. The van der Waals surface area contributed by atoms with Crippen molar-refractivity contribution in [3.63, 3.8) is 0 Å². The SMILES string of the molecule is C1CCC(C2CC2)PC1. The van der Waals surface area contributed by atoms with Crippen LogP contribution in [0.25, 0.3) is 0 Å². The van der Waals surface area contributed by atoms with Crippen LogP contribution < -0.4 is 0 Å². The molecular weight excluding hydrogens is 127 g/mol. The quantitative estimate of drug-likeness (QED) is 0.494. The number of hydrogen-bond acceptors (Lipinski definition) is 0. The Hall–Kier alpha value is 0.430. The van der Waals surface area contributed by atoms with E-state index in [0.29, 0.717) is 0 Å². The molecule has 52 valence electrons. The van der Waals surface area contributed by atoms with Crippen molar-refractivity contribution in [3.8, 4) is 0 Å². The van der Waals surface area contributed by atoms with E-state index in [2.05, 4.69) is 0 Å². The molecule has 0 radical (unpaired) electrons. The standard InChI is InChI=1S/C8H15P/c1-2-6-9-8(3-1)7-4-5-7/h7-9H,1-6H2. The van der Waals surface area contributed by atoms with Gasteiger partial charge in [-0.3, -0.25) is 0 Å². The van der Waals surface area contributed by atoms with Gasteiger partial charge in [-0.15, -0.1) is 8.58 Å². The molecule has 2 atom stereocenters. The second-order valence-corrected chi connectivity index (χ2v) is 5.04. The second kappa shape index (κ2) is 2.58. The summed E-state index contributed by atoms with van der Waals surface area (Å²) in [7, 11) is 1.34. The molecule has 0 amide bonds. The third-order valence-corrected chi connectivity index (χ3v) is 4.47. The van der Waals surface area contributed by atoms with Crippen LogP contribution in [0.4, 0.5) is 0 Å². The Kier molecular flexibility index (Phi) is 1.77. The Morgan fingerprint density at radius 1 is 1.00 bits per heavy atom. The average Bonchev–Trinajstić information content (AvgIpc) is 2.71. The molecule has 0 nitrogen and oxygen atoms in total. The summed E-state index contributed by atoms with van der Waals surface area (Å²) in [5.74, 6) is 1.20. The van der Waals surface area contributed by atoms with Crippen LogP contribution in [0, 0.1) is 5.92 Å². The summed E-state index contributed by atoms with van der Waals surface area (Å²) >= 11 is 0. The summed E-state index contributed by atoms with van der Waals surface area (Å²) in [6.45, 7) is 0. The van der Waals surface area contributed by atoms with Gasteiger partial charge in [0.25, 0.3) is 0 Å². The molecule has 1 aliphatic heterocycles. The highest BCUT2D eigenvalue weighted by molar-refractivity contribution is 7.39. The molecule has 1 heterocycles. The van der Waals surface area contributed by atoms with Gasteiger partial charge < -0.3 is 0 Å². The fraction of sp³-hybridized carbons (Fsp3) is 1.00. The maximum atomic E-state index is 1.57. The topological polar surface area (TPSA) is 0 Å². The average molecular weight is 142 g/mol. The van der Waals surface area contributed by atoms with Crippen LogP contribution in [0.5, 0.6) is 0 Å². The molecule has 2 rings (SSSR count). The normalized spacial score (nSPS) is 39.3. The molecule has 0 N–H and O–H groups in total. The van der Waals surface area contributed by atoms with Crippen molar-refractivity contribution in [1.29, 1.82) is 0 Å². The summed E-state index contributed by atoms with van der Waals surface area (Å²) in [5, 5.41) is 0. The van der Waals surface area contributed by atoms with E-state index in [0.717, 1.165) is 0 Å². The lowest BCUT2D eigenvalue weighted by atomic mass is 10.1. The fourth-order valence-electron chi connectivity index (χ4n) is 1.78. The van der Waals surface area contributed by atoms with Gasteiger partial charge in [-0.1, -0.05) is 6.42 Å². The van der Waals surface area contributed by atoms with Crippen molar-refractivity contribution in [2.45, 2.75) is 37.8 Å². The molecule has 0 aromatic heterocycles. The van der Waals surface area contributed by atoms with Gasteiger partial charge in [0.15, 0.2) is 0 Å². The molecule has 0 aromatic rings. The van der Waals surface area contributed by atoms with Crippen LogP contribution in [0.1, 0.15) is 32.1 Å². The lowest BCUT2D eigenvalue weighted by Gasteiger charge is -2.20. The third-order valence-electron chi connectivity index (χ3n) is 2.54. The smallest absolute Gasteiger partial charge is 0.0208 e. The molecule has 0 spiro atoms. The minimum Gasteiger partial charge on any atom is -0.119 e. The second-order valence-electron chi connectivity index (χ2n) is 3.39. The van der Waals surface area contributed by atoms with E-state index < -0.39 is 0 Å². The van der Waals surface area contributed by atoms with Gasteiger partial charge in [-0.25, -0.2) is 0 Å². The van der Waals surface area contributed by atoms with Crippen molar-refractivity contribution in [2.24, 2.45) is 5.92 Å². The van der Waals surface area contributed by atoms with E-state index in [4.69, 9.17) is 0 Å². The monoisotopic (exact) mass is 142 g/mol. The molecule has 0 bridgehead atoms. The lowest BCUT2D eigenvalue weighted by molar-refractivity contribution is 0.611. The van der Waals surface area contributed by atoms with E-state index in [1.807, 2.05) is 0 Å². The van der Waals surface area contributed by atoms with Gasteiger partial charge >= 0.3 is 0 Å². The van der Waals surface area contributed by atoms with Crippen molar-refractivity contribution in [2.75, 3.05) is 6.16 Å². The molecule has 2 unspecified atom stereocenters. The van der Waals surface area contributed by atoms with Crippen LogP contribution in [0.3, 0.4) is 0 Å². The van der Waals surface area contributed by atoms with Crippen molar-refractivity contribution < 1.29 is 0 Å². The minimum atomic E-state index is 1.19.